The number of aliphatic hydroxyl groups is 1. The molecule has 0 aliphatic heterocycles. The van der Waals surface area contributed by atoms with Crippen LogP contribution in [0.25, 0.3) is 10.9 Å². The number of anilines is 1. The Labute approximate surface area is 200 Å². The number of rotatable bonds is 12. The van der Waals surface area contributed by atoms with Gasteiger partial charge < -0.3 is 25.5 Å². The van der Waals surface area contributed by atoms with Gasteiger partial charge in [-0.05, 0) is 48.7 Å². The van der Waals surface area contributed by atoms with Crippen LogP contribution in [0.5, 0.6) is 5.75 Å². The van der Waals surface area contributed by atoms with E-state index in [9.17, 15) is 18.3 Å². The molecule has 1 unspecified atom stereocenters. The number of carbonyl (C=O) groups is 1. The van der Waals surface area contributed by atoms with E-state index in [-0.39, 0.29) is 5.91 Å². The smallest absolute Gasteiger partial charge is 0.229 e. The van der Waals surface area contributed by atoms with Crippen molar-refractivity contribution in [2.75, 3.05) is 37.2 Å². The number of fused-ring (bicyclic) bond motifs is 1. The number of aromatic nitrogens is 1. The minimum atomic E-state index is -3.37. The summed E-state index contributed by atoms with van der Waals surface area (Å²) in [5.74, 6) is 0.704. The number of ether oxygens (including phenoxy) is 1. The Hall–Kier alpha value is -3.08. The van der Waals surface area contributed by atoms with Crippen molar-refractivity contribution < 1.29 is 23.1 Å². The van der Waals surface area contributed by atoms with Crippen LogP contribution in [-0.4, -0.2) is 56.9 Å². The summed E-state index contributed by atoms with van der Waals surface area (Å²) in [7, 11) is -3.37. The third kappa shape index (κ3) is 7.47. The number of H-pyrrole nitrogens is 1. The lowest BCUT2D eigenvalue weighted by Gasteiger charge is -2.14. The van der Waals surface area contributed by atoms with Gasteiger partial charge >= 0.3 is 0 Å². The van der Waals surface area contributed by atoms with E-state index < -0.39 is 16.1 Å². The van der Waals surface area contributed by atoms with Crippen molar-refractivity contribution in [3.05, 3.63) is 59.3 Å². The molecule has 1 atom stereocenters. The lowest BCUT2D eigenvalue weighted by molar-refractivity contribution is -0.118. The van der Waals surface area contributed by atoms with Gasteiger partial charge in [-0.25, -0.2) is 8.42 Å². The average Bonchev–Trinajstić information content (AvgIpc) is 3.06. The Morgan fingerprint density at radius 3 is 2.71 bits per heavy atom. The van der Waals surface area contributed by atoms with E-state index in [0.29, 0.717) is 37.5 Å². The largest absolute Gasteiger partial charge is 0.492 e. The fraction of sp³-hybridized carbons (Fsp3) is 0.375. The highest BCUT2D eigenvalue weighted by Crippen LogP contribution is 2.26. The summed E-state index contributed by atoms with van der Waals surface area (Å²) in [6, 6.07) is 12.6. The minimum absolute atomic E-state index is 0.0354. The second-order valence-corrected chi connectivity index (χ2v) is 9.99. The molecule has 0 bridgehead atoms. The second kappa shape index (κ2) is 11.4. The highest BCUT2D eigenvalue weighted by atomic mass is 32.2. The zero-order chi connectivity index (χ0) is 24.7. The number of hydrogen-bond donors (Lipinski definition) is 5. The Bertz CT molecular complexity index is 1240. The summed E-state index contributed by atoms with van der Waals surface area (Å²) in [4.78, 5) is 14.5. The second-order valence-electron chi connectivity index (χ2n) is 8.24. The Kier molecular flexibility index (Phi) is 8.54. The van der Waals surface area contributed by atoms with E-state index in [0.717, 1.165) is 35.0 Å². The van der Waals surface area contributed by atoms with Gasteiger partial charge in [0.25, 0.3) is 0 Å². The van der Waals surface area contributed by atoms with E-state index in [1.54, 1.807) is 24.3 Å². The predicted molar refractivity (Wildman–Crippen MR) is 134 cm³/mol. The van der Waals surface area contributed by atoms with Gasteiger partial charge in [-0.15, -0.1) is 0 Å². The molecule has 1 amide bonds. The van der Waals surface area contributed by atoms with Crippen molar-refractivity contribution >= 4 is 32.5 Å². The number of nitrogens with one attached hydrogen (secondary N) is 4. The molecule has 3 aromatic rings. The van der Waals surface area contributed by atoms with Crippen LogP contribution in [0.2, 0.25) is 0 Å². The summed E-state index contributed by atoms with van der Waals surface area (Å²) >= 11 is 0. The topological polar surface area (TPSA) is 133 Å². The third-order valence-corrected chi connectivity index (χ3v) is 5.91. The van der Waals surface area contributed by atoms with Crippen molar-refractivity contribution in [3.63, 3.8) is 0 Å². The van der Waals surface area contributed by atoms with E-state index in [1.165, 1.54) is 12.5 Å². The molecule has 5 N–H and O–H groups in total. The van der Waals surface area contributed by atoms with Crippen molar-refractivity contribution in [1.29, 1.82) is 0 Å². The first kappa shape index (κ1) is 25.5. The van der Waals surface area contributed by atoms with Crippen molar-refractivity contribution in [2.45, 2.75) is 26.4 Å². The van der Waals surface area contributed by atoms with Gasteiger partial charge in [-0.3, -0.25) is 9.52 Å². The maximum atomic E-state index is 11.4. The van der Waals surface area contributed by atoms with E-state index in [4.69, 9.17) is 4.74 Å². The molecule has 2 aromatic carbocycles. The van der Waals surface area contributed by atoms with E-state index >= 15 is 0 Å². The number of sulfonamides is 1. The van der Waals surface area contributed by atoms with Gasteiger partial charge in [0.15, 0.2) is 0 Å². The number of amides is 1. The van der Waals surface area contributed by atoms with Crippen LogP contribution in [0.4, 0.5) is 5.69 Å². The maximum Gasteiger partial charge on any atom is 0.229 e. The normalized spacial score (nSPS) is 12.5. The van der Waals surface area contributed by atoms with Gasteiger partial charge in [0.2, 0.25) is 15.9 Å². The predicted octanol–water partition coefficient (Wildman–Crippen LogP) is 2.23. The molecular formula is C24H32N4O5S. The van der Waals surface area contributed by atoms with Gasteiger partial charge in [-0.2, -0.15) is 0 Å². The zero-order valence-corrected chi connectivity index (χ0v) is 20.5. The Morgan fingerprint density at radius 2 is 1.97 bits per heavy atom. The molecule has 0 saturated heterocycles. The Balaban J connectivity index is 1.47. The molecule has 1 heterocycles. The quantitative estimate of drug-likeness (QED) is 0.248. The first-order chi connectivity index (χ1) is 16.1. The number of aromatic amines is 1. The number of carbonyl (C=O) groups excluding carboxylic acids is 1. The monoisotopic (exact) mass is 488 g/mol. The Morgan fingerprint density at radius 1 is 1.18 bits per heavy atom. The molecule has 1 aromatic heterocycles. The molecule has 184 valence electrons. The van der Waals surface area contributed by atoms with Gasteiger partial charge in [0, 0.05) is 54.9 Å². The maximum absolute atomic E-state index is 11.4. The lowest BCUT2D eigenvalue weighted by Crippen LogP contribution is -2.26. The molecule has 0 saturated carbocycles. The first-order valence-corrected chi connectivity index (χ1v) is 13.0. The SMILES string of the molecule is CC(=O)NCCc1c(C)[nH]c2cc(OCCNCC(O)c3cccc(NS(C)(=O)=O)c3)ccc12. The highest BCUT2D eigenvalue weighted by molar-refractivity contribution is 7.92. The molecule has 0 aliphatic carbocycles. The molecule has 10 heteroatoms. The van der Waals surface area contributed by atoms with Gasteiger partial charge in [0.05, 0.1) is 12.4 Å². The van der Waals surface area contributed by atoms with Crippen LogP contribution >= 0.6 is 0 Å². The standard InChI is InChI=1S/C24H32N4O5S/c1-16-21(9-10-26-17(2)29)22-8-7-20(14-23(22)27-16)33-12-11-25-15-24(30)18-5-4-6-19(13-18)28-34(3,31)32/h4-8,13-14,24-25,27-28,30H,9-12,15H2,1-3H3,(H,26,29). The van der Waals surface area contributed by atoms with Crippen LogP contribution in [0, 0.1) is 6.92 Å². The molecule has 0 aliphatic rings. The summed E-state index contributed by atoms with van der Waals surface area (Å²) in [5.41, 5.74) is 4.27. The van der Waals surface area contributed by atoms with Crippen molar-refractivity contribution in [1.82, 2.24) is 15.6 Å². The molecular weight excluding hydrogens is 456 g/mol. The number of hydrogen-bond acceptors (Lipinski definition) is 6. The molecule has 9 nitrogen and oxygen atoms in total. The van der Waals surface area contributed by atoms with Crippen LogP contribution < -0.4 is 20.1 Å². The van der Waals surface area contributed by atoms with Crippen LogP contribution in [0.3, 0.4) is 0 Å². The first-order valence-electron chi connectivity index (χ1n) is 11.1. The number of benzene rings is 2. The number of aliphatic hydroxyl groups excluding tert-OH is 1. The third-order valence-electron chi connectivity index (χ3n) is 5.30. The van der Waals surface area contributed by atoms with Crippen LogP contribution in [-0.2, 0) is 21.2 Å². The molecule has 34 heavy (non-hydrogen) atoms. The summed E-state index contributed by atoms with van der Waals surface area (Å²) < 4.78 is 31.0. The number of aryl methyl sites for hydroxylation is 1. The molecule has 3 rings (SSSR count). The molecule has 0 radical (unpaired) electrons. The van der Waals surface area contributed by atoms with Gasteiger partial charge in [0.1, 0.15) is 12.4 Å². The fourth-order valence-electron chi connectivity index (χ4n) is 3.77. The highest BCUT2D eigenvalue weighted by Gasteiger charge is 2.11. The molecule has 0 fully saturated rings. The molecule has 0 spiro atoms. The lowest BCUT2D eigenvalue weighted by atomic mass is 10.1. The summed E-state index contributed by atoms with van der Waals surface area (Å²) in [5, 5.41) is 17.5. The van der Waals surface area contributed by atoms with Crippen LogP contribution in [0.1, 0.15) is 29.8 Å². The minimum Gasteiger partial charge on any atom is -0.492 e. The summed E-state index contributed by atoms with van der Waals surface area (Å²) in [6.07, 6.45) is 1.06. The fourth-order valence-corrected chi connectivity index (χ4v) is 4.32. The summed E-state index contributed by atoms with van der Waals surface area (Å²) in [6.45, 7) is 5.38. The van der Waals surface area contributed by atoms with Crippen LogP contribution in [0.15, 0.2) is 42.5 Å². The zero-order valence-electron chi connectivity index (χ0n) is 19.6. The van der Waals surface area contributed by atoms with Crippen molar-refractivity contribution in [3.8, 4) is 5.75 Å². The van der Waals surface area contributed by atoms with E-state index in [1.807, 2.05) is 25.1 Å². The van der Waals surface area contributed by atoms with Crippen molar-refractivity contribution in [2.24, 2.45) is 0 Å². The average molecular weight is 489 g/mol. The van der Waals surface area contributed by atoms with Gasteiger partial charge in [-0.1, -0.05) is 12.1 Å². The van der Waals surface area contributed by atoms with E-state index in [2.05, 4.69) is 20.3 Å².